The number of nitrogen functional groups attached to an aromatic ring is 1. The van der Waals surface area contributed by atoms with Crippen LogP contribution in [0.15, 0.2) is 26.0 Å². The standard InChI is InChI=1S/C10H10Br2N2O2S/c1-3-6(2)14-17(15,16)10-8(11)4-7(13)5-9(10)12/h1,4-6,14H,13H2,2H3. The lowest BCUT2D eigenvalue weighted by molar-refractivity contribution is 0.576. The van der Waals surface area contributed by atoms with Crippen molar-refractivity contribution in [3.63, 3.8) is 0 Å². The van der Waals surface area contributed by atoms with Gasteiger partial charge in [-0.1, -0.05) is 5.92 Å². The molecule has 1 atom stereocenters. The van der Waals surface area contributed by atoms with Crippen molar-refractivity contribution in [2.75, 3.05) is 5.73 Å². The minimum Gasteiger partial charge on any atom is -0.399 e. The highest BCUT2D eigenvalue weighted by Gasteiger charge is 2.22. The van der Waals surface area contributed by atoms with E-state index in [1.807, 2.05) is 0 Å². The second-order valence-corrected chi connectivity index (χ2v) is 6.68. The molecule has 0 bridgehead atoms. The van der Waals surface area contributed by atoms with Gasteiger partial charge in [-0.3, -0.25) is 0 Å². The van der Waals surface area contributed by atoms with E-state index in [1.54, 1.807) is 6.92 Å². The number of hydrogen-bond donors (Lipinski definition) is 2. The van der Waals surface area contributed by atoms with E-state index in [2.05, 4.69) is 42.5 Å². The molecule has 0 heterocycles. The van der Waals surface area contributed by atoms with Crippen LogP contribution in [0.1, 0.15) is 6.92 Å². The average molecular weight is 382 g/mol. The summed E-state index contributed by atoms with van der Waals surface area (Å²) in [6.07, 6.45) is 5.14. The number of benzene rings is 1. The van der Waals surface area contributed by atoms with Crippen molar-refractivity contribution in [1.82, 2.24) is 4.72 Å². The highest BCUT2D eigenvalue weighted by atomic mass is 79.9. The molecule has 0 aromatic heterocycles. The van der Waals surface area contributed by atoms with Crippen molar-refractivity contribution < 1.29 is 8.42 Å². The van der Waals surface area contributed by atoms with Gasteiger partial charge in [-0.05, 0) is 50.9 Å². The maximum absolute atomic E-state index is 12.0. The third kappa shape index (κ3) is 3.45. The third-order valence-electron chi connectivity index (χ3n) is 1.87. The van der Waals surface area contributed by atoms with Crippen LogP contribution in [0.4, 0.5) is 5.69 Å². The van der Waals surface area contributed by atoms with E-state index < -0.39 is 16.1 Å². The summed E-state index contributed by atoms with van der Waals surface area (Å²) >= 11 is 6.33. The molecule has 0 amide bonds. The van der Waals surface area contributed by atoms with Gasteiger partial charge in [0.1, 0.15) is 4.90 Å². The Bertz CT molecular complexity index is 555. The van der Waals surface area contributed by atoms with Crippen LogP contribution in [0.2, 0.25) is 0 Å². The summed E-state index contributed by atoms with van der Waals surface area (Å²) in [5.41, 5.74) is 6.04. The molecular formula is C10H10Br2N2O2S. The first-order chi connectivity index (χ1) is 7.77. The predicted molar refractivity (Wildman–Crippen MR) is 74.9 cm³/mol. The van der Waals surface area contributed by atoms with Crippen molar-refractivity contribution >= 4 is 47.6 Å². The quantitative estimate of drug-likeness (QED) is 0.622. The molecule has 1 rings (SSSR count). The smallest absolute Gasteiger partial charge is 0.243 e. The fourth-order valence-electron chi connectivity index (χ4n) is 1.16. The second kappa shape index (κ2) is 5.40. The van der Waals surface area contributed by atoms with E-state index in [0.717, 1.165) is 0 Å². The number of nitrogens with one attached hydrogen (secondary N) is 1. The van der Waals surface area contributed by atoms with E-state index >= 15 is 0 Å². The van der Waals surface area contributed by atoms with E-state index in [9.17, 15) is 8.42 Å². The number of anilines is 1. The van der Waals surface area contributed by atoms with Gasteiger partial charge in [-0.25, -0.2) is 8.42 Å². The molecule has 17 heavy (non-hydrogen) atoms. The maximum atomic E-state index is 12.0. The van der Waals surface area contributed by atoms with Crippen LogP contribution < -0.4 is 10.5 Å². The Morgan fingerprint density at radius 1 is 1.41 bits per heavy atom. The summed E-state index contributed by atoms with van der Waals surface area (Å²) < 4.78 is 27.2. The molecule has 0 fully saturated rings. The molecule has 3 N–H and O–H groups in total. The zero-order valence-electron chi connectivity index (χ0n) is 8.87. The highest BCUT2D eigenvalue weighted by Crippen LogP contribution is 2.32. The molecule has 0 aliphatic rings. The van der Waals surface area contributed by atoms with Gasteiger partial charge in [0.25, 0.3) is 0 Å². The Morgan fingerprint density at radius 2 is 1.88 bits per heavy atom. The van der Waals surface area contributed by atoms with Crippen LogP contribution >= 0.6 is 31.9 Å². The lowest BCUT2D eigenvalue weighted by Crippen LogP contribution is -2.31. The molecule has 0 radical (unpaired) electrons. The first kappa shape index (κ1) is 14.5. The molecule has 4 nitrogen and oxygen atoms in total. The van der Waals surface area contributed by atoms with Crippen molar-refractivity contribution in [2.45, 2.75) is 17.9 Å². The number of sulfonamides is 1. The van der Waals surface area contributed by atoms with Crippen LogP contribution in [0, 0.1) is 12.3 Å². The van der Waals surface area contributed by atoms with Crippen LogP contribution in [-0.2, 0) is 10.0 Å². The Morgan fingerprint density at radius 3 is 2.29 bits per heavy atom. The molecule has 1 aromatic rings. The van der Waals surface area contributed by atoms with E-state index in [0.29, 0.717) is 14.6 Å². The van der Waals surface area contributed by atoms with Crippen molar-refractivity contribution in [3.05, 3.63) is 21.1 Å². The van der Waals surface area contributed by atoms with Crippen molar-refractivity contribution in [2.24, 2.45) is 0 Å². The van der Waals surface area contributed by atoms with Gasteiger partial charge in [0.2, 0.25) is 10.0 Å². The second-order valence-electron chi connectivity index (χ2n) is 3.32. The maximum Gasteiger partial charge on any atom is 0.243 e. The monoisotopic (exact) mass is 380 g/mol. The fraction of sp³-hybridized carbons (Fsp3) is 0.200. The molecular weight excluding hydrogens is 372 g/mol. The molecule has 0 aliphatic heterocycles. The number of nitrogens with two attached hydrogens (primary N) is 1. The Labute approximate surface area is 117 Å². The minimum atomic E-state index is -3.69. The van der Waals surface area contributed by atoms with Gasteiger partial charge in [0.15, 0.2) is 0 Å². The topological polar surface area (TPSA) is 72.2 Å². The van der Waals surface area contributed by atoms with Crippen molar-refractivity contribution in [3.8, 4) is 12.3 Å². The van der Waals surface area contributed by atoms with Crippen molar-refractivity contribution in [1.29, 1.82) is 0 Å². The van der Waals surface area contributed by atoms with Gasteiger partial charge in [0.05, 0.1) is 6.04 Å². The lowest BCUT2D eigenvalue weighted by atomic mass is 10.3. The summed E-state index contributed by atoms with van der Waals surface area (Å²) in [4.78, 5) is 0.0776. The van der Waals surface area contributed by atoms with Crippen LogP contribution in [0.3, 0.4) is 0 Å². The molecule has 0 spiro atoms. The molecule has 0 saturated heterocycles. The first-order valence-electron chi connectivity index (χ1n) is 4.51. The van der Waals surface area contributed by atoms with Gasteiger partial charge in [-0.15, -0.1) is 6.42 Å². The summed E-state index contributed by atoms with van der Waals surface area (Å²) in [6, 6.07) is 2.44. The fourth-order valence-corrected chi connectivity index (χ4v) is 4.95. The van der Waals surface area contributed by atoms with Gasteiger partial charge in [-0.2, -0.15) is 4.72 Å². The SMILES string of the molecule is C#CC(C)NS(=O)(=O)c1c(Br)cc(N)cc1Br. The largest absolute Gasteiger partial charge is 0.399 e. The lowest BCUT2D eigenvalue weighted by Gasteiger charge is -2.12. The Kier molecular flexibility index (Phi) is 4.61. The van der Waals surface area contributed by atoms with Crippen LogP contribution in [0.25, 0.3) is 0 Å². The summed E-state index contributed by atoms with van der Waals surface area (Å²) in [5.74, 6) is 2.30. The summed E-state index contributed by atoms with van der Waals surface area (Å²) in [7, 11) is -3.69. The van der Waals surface area contributed by atoms with E-state index in [1.165, 1.54) is 12.1 Å². The predicted octanol–water partition coefficient (Wildman–Crippen LogP) is 2.09. The minimum absolute atomic E-state index is 0.0776. The molecule has 0 saturated carbocycles. The normalized spacial score (nSPS) is 13.1. The third-order valence-corrected chi connectivity index (χ3v) is 5.29. The molecule has 1 aromatic carbocycles. The number of rotatable bonds is 3. The average Bonchev–Trinajstić information content (AvgIpc) is 2.14. The van der Waals surface area contributed by atoms with Gasteiger partial charge in [0, 0.05) is 14.6 Å². The summed E-state index contributed by atoms with van der Waals surface area (Å²) in [5, 5.41) is 0. The summed E-state index contributed by atoms with van der Waals surface area (Å²) in [6.45, 7) is 1.58. The van der Waals surface area contributed by atoms with Crippen LogP contribution in [0.5, 0.6) is 0 Å². The Hall–Kier alpha value is -0.550. The van der Waals surface area contributed by atoms with Gasteiger partial charge >= 0.3 is 0 Å². The van der Waals surface area contributed by atoms with Crippen LogP contribution in [-0.4, -0.2) is 14.5 Å². The number of hydrogen-bond acceptors (Lipinski definition) is 3. The number of terminal acetylenes is 1. The first-order valence-corrected chi connectivity index (χ1v) is 7.58. The molecule has 1 unspecified atom stereocenters. The zero-order chi connectivity index (χ0) is 13.2. The zero-order valence-corrected chi connectivity index (χ0v) is 12.9. The van der Waals surface area contributed by atoms with Gasteiger partial charge < -0.3 is 5.73 Å². The molecule has 0 aliphatic carbocycles. The molecule has 7 heteroatoms. The molecule has 92 valence electrons. The highest BCUT2D eigenvalue weighted by molar-refractivity contribution is 9.11. The van der Waals surface area contributed by atoms with E-state index in [-0.39, 0.29) is 4.90 Å². The number of halogens is 2. The van der Waals surface area contributed by atoms with E-state index in [4.69, 9.17) is 12.2 Å². The Balaban J connectivity index is 3.31.